The van der Waals surface area contributed by atoms with Crippen LogP contribution in [0, 0.1) is 0 Å². The molecule has 8 heteroatoms. The molecule has 0 aromatic heterocycles. The van der Waals surface area contributed by atoms with E-state index in [9.17, 15) is 13.2 Å². The fourth-order valence-electron chi connectivity index (χ4n) is 4.33. The third-order valence-corrected chi connectivity index (χ3v) is 8.47. The number of fused-ring (bicyclic) bond motifs is 1. The lowest BCUT2D eigenvalue weighted by Crippen LogP contribution is -2.42. The number of nitrogens with one attached hydrogen (secondary N) is 1. The van der Waals surface area contributed by atoms with Gasteiger partial charge in [0.05, 0.1) is 4.90 Å². The molecular weight excluding hydrogens is 440 g/mol. The number of rotatable bonds is 6. The van der Waals surface area contributed by atoms with Gasteiger partial charge in [-0.3, -0.25) is 4.79 Å². The summed E-state index contributed by atoms with van der Waals surface area (Å²) in [5.74, 6) is 1.14. The van der Waals surface area contributed by atoms with Crippen LogP contribution in [0.1, 0.15) is 56.0 Å². The standard InChI is InChI=1S/C25H32N2O5S/c1-18-7-4-5-12-27(18)33(29,30)21-9-6-8-19(15-21)24(28)26-17-25(2,3)20-10-11-22-23(16-20)32-14-13-31-22/h6,8-11,15-16,18H,4-5,7,12-14,17H2,1-3H3,(H,26,28). The fraction of sp³-hybridized carbons (Fsp3) is 0.480. The maximum absolute atomic E-state index is 13.2. The molecule has 0 spiro atoms. The van der Waals surface area contributed by atoms with E-state index < -0.39 is 10.0 Å². The van der Waals surface area contributed by atoms with Crippen LogP contribution in [-0.4, -0.2) is 51.0 Å². The molecule has 2 heterocycles. The number of nitrogens with zero attached hydrogens (tertiary/aromatic N) is 1. The van der Waals surface area contributed by atoms with Gasteiger partial charge >= 0.3 is 0 Å². The number of ether oxygens (including phenoxy) is 2. The zero-order valence-corrected chi connectivity index (χ0v) is 20.3. The van der Waals surface area contributed by atoms with Crippen LogP contribution in [0.5, 0.6) is 11.5 Å². The van der Waals surface area contributed by atoms with E-state index in [1.165, 1.54) is 6.07 Å². The van der Waals surface area contributed by atoms with Gasteiger partial charge in [-0.1, -0.05) is 32.4 Å². The van der Waals surface area contributed by atoms with Crippen molar-refractivity contribution in [2.24, 2.45) is 0 Å². The summed E-state index contributed by atoms with van der Waals surface area (Å²) >= 11 is 0. The molecule has 2 aliphatic heterocycles. The minimum absolute atomic E-state index is 0.0342. The van der Waals surface area contributed by atoms with E-state index in [0.29, 0.717) is 37.6 Å². The van der Waals surface area contributed by atoms with Gasteiger partial charge in [-0.15, -0.1) is 0 Å². The summed E-state index contributed by atoms with van der Waals surface area (Å²) in [6.45, 7) is 7.97. The Balaban J connectivity index is 1.47. The smallest absolute Gasteiger partial charge is 0.251 e. The van der Waals surface area contributed by atoms with Crippen molar-refractivity contribution >= 4 is 15.9 Å². The van der Waals surface area contributed by atoms with Gasteiger partial charge in [-0.2, -0.15) is 4.31 Å². The molecule has 178 valence electrons. The number of benzene rings is 2. The number of hydrogen-bond acceptors (Lipinski definition) is 5. The molecule has 2 aromatic rings. The van der Waals surface area contributed by atoms with Gasteiger partial charge in [0.25, 0.3) is 5.91 Å². The van der Waals surface area contributed by atoms with Crippen molar-refractivity contribution in [3.8, 4) is 11.5 Å². The second kappa shape index (κ2) is 9.35. The molecule has 0 saturated carbocycles. The third-order valence-electron chi connectivity index (χ3n) is 6.46. The van der Waals surface area contributed by atoms with Crippen LogP contribution in [0.3, 0.4) is 0 Å². The molecule has 1 saturated heterocycles. The van der Waals surface area contributed by atoms with E-state index in [-0.39, 0.29) is 22.3 Å². The molecule has 1 atom stereocenters. The van der Waals surface area contributed by atoms with E-state index in [1.807, 2.05) is 39.0 Å². The van der Waals surface area contributed by atoms with Crippen LogP contribution >= 0.6 is 0 Å². The first kappa shape index (κ1) is 23.6. The van der Waals surface area contributed by atoms with Crippen LogP contribution in [0.15, 0.2) is 47.4 Å². The van der Waals surface area contributed by atoms with Crippen molar-refractivity contribution in [3.05, 3.63) is 53.6 Å². The number of amides is 1. The summed E-state index contributed by atoms with van der Waals surface area (Å²) in [5.41, 5.74) is 0.986. The van der Waals surface area contributed by atoms with Crippen LogP contribution in [-0.2, 0) is 15.4 Å². The Kier molecular flexibility index (Phi) is 6.68. The van der Waals surface area contributed by atoms with Gasteiger partial charge in [0.2, 0.25) is 10.0 Å². The quantitative estimate of drug-likeness (QED) is 0.693. The van der Waals surface area contributed by atoms with E-state index in [4.69, 9.17) is 9.47 Å². The average molecular weight is 473 g/mol. The van der Waals surface area contributed by atoms with Gasteiger partial charge in [0.15, 0.2) is 11.5 Å². The van der Waals surface area contributed by atoms with Crippen molar-refractivity contribution in [2.45, 2.75) is 56.4 Å². The highest BCUT2D eigenvalue weighted by Crippen LogP contribution is 2.35. The highest BCUT2D eigenvalue weighted by Gasteiger charge is 2.31. The maximum Gasteiger partial charge on any atom is 0.251 e. The lowest BCUT2D eigenvalue weighted by molar-refractivity contribution is 0.0945. The van der Waals surface area contributed by atoms with Gasteiger partial charge in [-0.25, -0.2) is 8.42 Å². The van der Waals surface area contributed by atoms with Crippen molar-refractivity contribution in [1.29, 1.82) is 0 Å². The minimum atomic E-state index is -3.63. The summed E-state index contributed by atoms with van der Waals surface area (Å²) in [6.07, 6.45) is 2.75. The number of hydrogen-bond donors (Lipinski definition) is 1. The molecule has 4 rings (SSSR count). The minimum Gasteiger partial charge on any atom is -0.486 e. The molecular formula is C25H32N2O5S. The van der Waals surface area contributed by atoms with Crippen molar-refractivity contribution in [2.75, 3.05) is 26.3 Å². The third kappa shape index (κ3) is 5.01. The maximum atomic E-state index is 13.2. The molecule has 2 aromatic carbocycles. The lowest BCUT2D eigenvalue weighted by atomic mass is 9.84. The molecule has 7 nitrogen and oxygen atoms in total. The fourth-order valence-corrected chi connectivity index (χ4v) is 6.08. The zero-order chi connectivity index (χ0) is 23.6. The Morgan fingerprint density at radius 3 is 2.61 bits per heavy atom. The first-order valence-corrected chi connectivity index (χ1v) is 12.9. The van der Waals surface area contributed by atoms with Crippen LogP contribution < -0.4 is 14.8 Å². The Labute approximate surface area is 196 Å². The Hall–Kier alpha value is -2.58. The van der Waals surface area contributed by atoms with Crippen LogP contribution in [0.2, 0.25) is 0 Å². The number of carbonyl (C=O) groups is 1. The van der Waals surface area contributed by atoms with Crippen molar-refractivity contribution in [3.63, 3.8) is 0 Å². The van der Waals surface area contributed by atoms with Crippen molar-refractivity contribution in [1.82, 2.24) is 9.62 Å². The number of carbonyl (C=O) groups excluding carboxylic acids is 1. The summed E-state index contributed by atoms with van der Waals surface area (Å²) in [4.78, 5) is 13.1. The van der Waals surface area contributed by atoms with E-state index in [2.05, 4.69) is 5.32 Å². The largest absolute Gasteiger partial charge is 0.486 e. The molecule has 2 aliphatic rings. The molecule has 33 heavy (non-hydrogen) atoms. The van der Waals surface area contributed by atoms with Gasteiger partial charge in [-0.05, 0) is 55.7 Å². The van der Waals surface area contributed by atoms with Crippen LogP contribution in [0.4, 0.5) is 0 Å². The zero-order valence-electron chi connectivity index (χ0n) is 19.5. The molecule has 1 amide bonds. The van der Waals surface area contributed by atoms with Crippen molar-refractivity contribution < 1.29 is 22.7 Å². The topological polar surface area (TPSA) is 84.9 Å². The molecule has 0 bridgehead atoms. The summed E-state index contributed by atoms with van der Waals surface area (Å²) in [5, 5.41) is 2.97. The first-order valence-electron chi connectivity index (χ1n) is 11.5. The van der Waals surface area contributed by atoms with Gasteiger partial charge < -0.3 is 14.8 Å². The summed E-state index contributed by atoms with van der Waals surface area (Å²) < 4.78 is 39.2. The Bertz CT molecular complexity index is 1130. The second-order valence-electron chi connectivity index (χ2n) is 9.41. The summed E-state index contributed by atoms with van der Waals surface area (Å²) in [6, 6.07) is 12.1. The highest BCUT2D eigenvalue weighted by molar-refractivity contribution is 7.89. The normalized spacial score (nSPS) is 19.2. The molecule has 1 fully saturated rings. The Morgan fingerprint density at radius 2 is 1.85 bits per heavy atom. The number of sulfonamides is 1. The lowest BCUT2D eigenvalue weighted by Gasteiger charge is -2.32. The first-order chi connectivity index (χ1) is 15.7. The average Bonchev–Trinajstić information content (AvgIpc) is 2.82. The SMILES string of the molecule is CC1CCCCN1S(=O)(=O)c1cccc(C(=O)NCC(C)(C)c2ccc3c(c2)OCCO3)c1. The van der Waals surface area contributed by atoms with E-state index in [0.717, 1.165) is 30.6 Å². The molecule has 0 aliphatic carbocycles. The highest BCUT2D eigenvalue weighted by atomic mass is 32.2. The molecule has 0 radical (unpaired) electrons. The van der Waals surface area contributed by atoms with Gasteiger partial charge in [0, 0.05) is 30.1 Å². The van der Waals surface area contributed by atoms with E-state index >= 15 is 0 Å². The monoisotopic (exact) mass is 472 g/mol. The molecule has 1 N–H and O–H groups in total. The predicted octanol–water partition coefficient (Wildman–Crippen LogP) is 3.73. The van der Waals surface area contributed by atoms with Crippen LogP contribution in [0.25, 0.3) is 0 Å². The Morgan fingerprint density at radius 1 is 1.09 bits per heavy atom. The summed E-state index contributed by atoms with van der Waals surface area (Å²) in [7, 11) is -3.63. The number of piperidine rings is 1. The van der Waals surface area contributed by atoms with E-state index in [1.54, 1.807) is 22.5 Å². The van der Waals surface area contributed by atoms with Gasteiger partial charge in [0.1, 0.15) is 13.2 Å². The second-order valence-corrected chi connectivity index (χ2v) is 11.3. The predicted molar refractivity (Wildman–Crippen MR) is 126 cm³/mol. The molecule has 1 unspecified atom stereocenters.